The van der Waals surface area contributed by atoms with Crippen LogP contribution in [-0.2, 0) is 9.59 Å². The summed E-state index contributed by atoms with van der Waals surface area (Å²) in [6.07, 6.45) is 0. The van der Waals surface area contributed by atoms with Gasteiger partial charge in [-0.3, -0.25) is 9.59 Å². The molecule has 0 spiro atoms. The van der Waals surface area contributed by atoms with Crippen molar-refractivity contribution in [2.45, 2.75) is 40.6 Å². The number of hydrogen-bond donors (Lipinski definition) is 1. The second-order valence-electron chi connectivity index (χ2n) is 11.5. The molecule has 6 aromatic carbocycles. The number of benzene rings is 6. The van der Waals surface area contributed by atoms with Crippen LogP contribution in [0.3, 0.4) is 0 Å². The number of thiophene rings is 1. The Bertz CT molecular complexity index is 2050. The first kappa shape index (κ1) is 39.6. The molecule has 0 fully saturated rings. The topological polar surface area (TPSA) is 34.1 Å². The predicted octanol–water partition coefficient (Wildman–Crippen LogP) is 13.7. The number of hydrogen-bond acceptors (Lipinski definition) is 5. The summed E-state index contributed by atoms with van der Waals surface area (Å²) in [5.41, 5.74) is 4.79. The van der Waals surface area contributed by atoms with Gasteiger partial charge in [-0.2, -0.15) is 0 Å². The third-order valence-corrected chi connectivity index (χ3v) is 11.7. The SMILES string of the molecule is CC(=O)C(Br)c1ccccc1.CC(=O)C(Sc1ccccc1)c1ccccc1.Cc1c(-c2ccccc2)sc2ccccc12.Sc1ccccc1. The highest BCUT2D eigenvalue weighted by Gasteiger charge is 2.17. The average Bonchev–Trinajstić information content (AvgIpc) is 3.52. The zero-order valence-electron chi connectivity index (χ0n) is 28.9. The second kappa shape index (κ2) is 21.2. The number of Topliss-reactive ketones (excluding diaryl/α,β-unsaturated/α-hetero) is 2. The molecule has 258 valence electrons. The van der Waals surface area contributed by atoms with Gasteiger partial charge in [-0.1, -0.05) is 162 Å². The van der Waals surface area contributed by atoms with Crippen molar-refractivity contribution in [1.29, 1.82) is 0 Å². The molecule has 0 bridgehead atoms. The van der Waals surface area contributed by atoms with Gasteiger partial charge in [-0.15, -0.1) is 35.7 Å². The minimum absolute atomic E-state index is 0.112. The largest absolute Gasteiger partial charge is 0.298 e. The summed E-state index contributed by atoms with van der Waals surface area (Å²) in [7, 11) is 0. The fourth-order valence-electron chi connectivity index (χ4n) is 4.97. The molecule has 0 radical (unpaired) electrons. The van der Waals surface area contributed by atoms with Crippen LogP contribution in [0.15, 0.2) is 186 Å². The third kappa shape index (κ3) is 12.8. The van der Waals surface area contributed by atoms with E-state index in [1.165, 1.54) is 26.1 Å². The first-order chi connectivity index (χ1) is 24.7. The quantitative estimate of drug-likeness (QED) is 0.0992. The van der Waals surface area contributed by atoms with Crippen molar-refractivity contribution in [1.82, 2.24) is 0 Å². The van der Waals surface area contributed by atoms with Crippen LogP contribution in [0, 0.1) is 6.92 Å². The van der Waals surface area contributed by atoms with Crippen molar-refractivity contribution in [2.75, 3.05) is 0 Å². The molecule has 0 N–H and O–H groups in total. The van der Waals surface area contributed by atoms with Crippen molar-refractivity contribution in [3.8, 4) is 10.4 Å². The van der Waals surface area contributed by atoms with E-state index in [0.29, 0.717) is 0 Å². The van der Waals surface area contributed by atoms with Crippen LogP contribution in [0.5, 0.6) is 0 Å². The van der Waals surface area contributed by atoms with Gasteiger partial charge in [0.25, 0.3) is 0 Å². The van der Waals surface area contributed by atoms with E-state index in [1.54, 1.807) is 25.6 Å². The lowest BCUT2D eigenvalue weighted by molar-refractivity contribution is -0.117. The van der Waals surface area contributed by atoms with Crippen LogP contribution in [0.1, 0.15) is 40.6 Å². The van der Waals surface area contributed by atoms with Crippen LogP contribution in [-0.4, -0.2) is 11.6 Å². The van der Waals surface area contributed by atoms with E-state index in [-0.39, 0.29) is 21.6 Å². The van der Waals surface area contributed by atoms with Crippen molar-refractivity contribution < 1.29 is 9.59 Å². The summed E-state index contributed by atoms with van der Waals surface area (Å²) in [5, 5.41) is 1.27. The number of rotatable bonds is 7. The maximum atomic E-state index is 11.7. The van der Waals surface area contributed by atoms with Gasteiger partial charge in [0.1, 0.15) is 11.6 Å². The summed E-state index contributed by atoms with van der Waals surface area (Å²) in [6, 6.07) is 58.6. The van der Waals surface area contributed by atoms with Crippen molar-refractivity contribution in [3.05, 3.63) is 193 Å². The number of fused-ring (bicyclic) bond motifs is 1. The molecule has 0 aliphatic heterocycles. The van der Waals surface area contributed by atoms with Crippen LogP contribution in [0.4, 0.5) is 0 Å². The molecule has 0 saturated carbocycles. The molecule has 2 nitrogen and oxygen atoms in total. The van der Waals surface area contributed by atoms with E-state index < -0.39 is 0 Å². The van der Waals surface area contributed by atoms with Crippen LogP contribution < -0.4 is 0 Å². The van der Waals surface area contributed by atoms with E-state index in [1.807, 2.05) is 133 Å². The lowest BCUT2D eigenvalue weighted by atomic mass is 10.1. The lowest BCUT2D eigenvalue weighted by Gasteiger charge is -2.13. The minimum Gasteiger partial charge on any atom is -0.298 e. The molecule has 0 amide bonds. The van der Waals surface area contributed by atoms with Gasteiger partial charge >= 0.3 is 0 Å². The fraction of sp³-hybridized carbons (Fsp3) is 0.111. The number of aryl methyl sites for hydroxylation is 1. The van der Waals surface area contributed by atoms with Crippen molar-refractivity contribution in [2.24, 2.45) is 0 Å². The number of carbonyl (C=O) groups is 2. The predicted molar refractivity (Wildman–Crippen MR) is 227 cm³/mol. The zero-order chi connectivity index (χ0) is 36.4. The third-order valence-electron chi connectivity index (χ3n) is 7.55. The molecule has 6 heteroatoms. The molecule has 51 heavy (non-hydrogen) atoms. The molecule has 1 aromatic heterocycles. The number of ketones is 2. The zero-order valence-corrected chi connectivity index (χ0v) is 33.0. The highest BCUT2D eigenvalue weighted by molar-refractivity contribution is 9.09. The maximum Gasteiger partial charge on any atom is 0.147 e. The Morgan fingerprint density at radius 3 is 1.51 bits per heavy atom. The van der Waals surface area contributed by atoms with Crippen LogP contribution in [0.2, 0.25) is 0 Å². The van der Waals surface area contributed by atoms with E-state index in [2.05, 4.69) is 90.1 Å². The molecule has 0 aliphatic carbocycles. The number of thiol groups is 1. The standard InChI is InChI=1S/C15H14OS.C15H12S.C9H9BrO.C6H6S/c1-12(16)15(13-8-4-2-5-9-13)17-14-10-6-3-7-11-14;1-11-13-9-5-6-10-14(13)16-15(11)12-7-3-2-4-8-12;1-7(11)9(10)8-5-3-2-4-6-8;7-6-4-2-1-3-5-6/h2-11,15H,1H3;2-10H,1H3;2-6,9H,1H3;1-5,7H. The Morgan fingerprint density at radius 1 is 0.588 bits per heavy atom. The highest BCUT2D eigenvalue weighted by atomic mass is 79.9. The van der Waals surface area contributed by atoms with E-state index in [0.717, 1.165) is 20.9 Å². The average molecular weight is 790 g/mol. The summed E-state index contributed by atoms with van der Waals surface area (Å²) >= 11 is 10.9. The van der Waals surface area contributed by atoms with Gasteiger partial charge in [0.2, 0.25) is 0 Å². The maximum absolute atomic E-state index is 11.7. The van der Waals surface area contributed by atoms with E-state index >= 15 is 0 Å². The molecule has 7 rings (SSSR count). The molecular formula is C45H41BrO2S3. The van der Waals surface area contributed by atoms with E-state index in [9.17, 15) is 9.59 Å². The monoisotopic (exact) mass is 788 g/mol. The number of carbonyl (C=O) groups excluding carboxylic acids is 2. The summed E-state index contributed by atoms with van der Waals surface area (Å²) in [6.45, 7) is 5.43. The van der Waals surface area contributed by atoms with Gasteiger partial charge in [-0.05, 0) is 78.7 Å². The molecule has 7 aromatic rings. The van der Waals surface area contributed by atoms with Gasteiger partial charge in [0.15, 0.2) is 0 Å². The Kier molecular flexibility index (Phi) is 16.5. The smallest absolute Gasteiger partial charge is 0.147 e. The fourth-order valence-corrected chi connectivity index (χ4v) is 7.71. The van der Waals surface area contributed by atoms with Crippen LogP contribution in [0.25, 0.3) is 20.5 Å². The second-order valence-corrected chi connectivity index (χ2v) is 15.1. The van der Waals surface area contributed by atoms with Gasteiger partial charge in [0, 0.05) is 19.4 Å². The summed E-state index contributed by atoms with van der Waals surface area (Å²) in [4.78, 5) is 26.0. The highest BCUT2D eigenvalue weighted by Crippen LogP contribution is 2.38. The first-order valence-corrected chi connectivity index (χ1v) is 19.5. The summed E-state index contributed by atoms with van der Waals surface area (Å²) < 4.78 is 1.37. The number of halogens is 1. The molecule has 2 atom stereocenters. The normalized spacial score (nSPS) is 11.3. The number of thioether (sulfide) groups is 1. The minimum atomic E-state index is -0.149. The molecule has 1 heterocycles. The number of alkyl halides is 1. The van der Waals surface area contributed by atoms with Gasteiger partial charge in [0.05, 0.1) is 10.1 Å². The van der Waals surface area contributed by atoms with Crippen molar-refractivity contribution >= 4 is 73.3 Å². The Labute approximate surface area is 324 Å². The Morgan fingerprint density at radius 2 is 1.04 bits per heavy atom. The Balaban J connectivity index is 0.000000160. The van der Waals surface area contributed by atoms with E-state index in [4.69, 9.17) is 0 Å². The molecule has 0 aliphatic rings. The molecule has 0 saturated heterocycles. The van der Waals surface area contributed by atoms with Gasteiger partial charge in [-0.25, -0.2) is 0 Å². The van der Waals surface area contributed by atoms with Crippen LogP contribution >= 0.6 is 51.7 Å². The summed E-state index contributed by atoms with van der Waals surface area (Å²) in [5.74, 6) is 0.321. The molecular weight excluding hydrogens is 749 g/mol. The van der Waals surface area contributed by atoms with Gasteiger partial charge < -0.3 is 0 Å². The molecule has 2 unspecified atom stereocenters. The van der Waals surface area contributed by atoms with Crippen molar-refractivity contribution in [3.63, 3.8) is 0 Å². The Hall–Kier alpha value is -4.20. The lowest BCUT2D eigenvalue weighted by Crippen LogP contribution is -2.04. The first-order valence-electron chi connectivity index (χ1n) is 16.5.